The first-order valence-corrected chi connectivity index (χ1v) is 5.66. The van der Waals surface area contributed by atoms with E-state index < -0.39 is 0 Å². The van der Waals surface area contributed by atoms with E-state index in [1.54, 1.807) is 6.20 Å². The summed E-state index contributed by atoms with van der Waals surface area (Å²) in [7, 11) is 0. The maximum absolute atomic E-state index is 4.35. The zero-order valence-corrected chi connectivity index (χ0v) is 10.1. The normalized spacial score (nSPS) is 15.6. The third-order valence-corrected chi connectivity index (χ3v) is 2.68. The molecule has 1 aromatic heterocycles. The van der Waals surface area contributed by atoms with Crippen molar-refractivity contribution in [2.75, 3.05) is 5.32 Å². The summed E-state index contributed by atoms with van der Waals surface area (Å²) >= 11 is 3.41. The minimum absolute atomic E-state index is 0.840. The number of aryl methyl sites for hydroxylation is 1. The molecule has 4 heteroatoms. The van der Waals surface area contributed by atoms with Gasteiger partial charge in [0.1, 0.15) is 11.6 Å². The predicted molar refractivity (Wildman–Crippen MR) is 66.3 cm³/mol. The lowest BCUT2D eigenvalue weighted by atomic mass is 10.2. The highest BCUT2D eigenvalue weighted by molar-refractivity contribution is 9.18. The van der Waals surface area contributed by atoms with E-state index in [9.17, 15) is 0 Å². The molecule has 2 heterocycles. The van der Waals surface area contributed by atoms with Crippen molar-refractivity contribution in [2.45, 2.75) is 19.8 Å². The number of allylic oxidation sites excluding steroid dienone is 1. The SMILES string of the molecule is Cc1ccnc(NC2=CCCC(Br)=N2)c1. The number of halogens is 1. The molecule has 1 aliphatic heterocycles. The average molecular weight is 266 g/mol. The summed E-state index contributed by atoms with van der Waals surface area (Å²) in [5, 5.41) is 3.18. The Morgan fingerprint density at radius 1 is 1.47 bits per heavy atom. The molecule has 3 nitrogen and oxygen atoms in total. The number of aromatic nitrogens is 1. The van der Waals surface area contributed by atoms with Crippen LogP contribution in [0.3, 0.4) is 0 Å². The van der Waals surface area contributed by atoms with Gasteiger partial charge in [0.05, 0.1) is 4.62 Å². The first kappa shape index (κ1) is 10.4. The maximum atomic E-state index is 4.35. The van der Waals surface area contributed by atoms with Gasteiger partial charge < -0.3 is 5.32 Å². The van der Waals surface area contributed by atoms with Crippen LogP contribution in [-0.2, 0) is 0 Å². The number of nitrogens with zero attached hydrogens (tertiary/aromatic N) is 2. The van der Waals surface area contributed by atoms with Crippen LogP contribution >= 0.6 is 15.9 Å². The Labute approximate surface area is 97.5 Å². The summed E-state index contributed by atoms with van der Waals surface area (Å²) in [4.78, 5) is 8.57. The summed E-state index contributed by atoms with van der Waals surface area (Å²) in [6.45, 7) is 2.04. The molecular formula is C11H12BrN3. The molecule has 0 spiro atoms. The van der Waals surface area contributed by atoms with Gasteiger partial charge in [0.15, 0.2) is 0 Å². The van der Waals surface area contributed by atoms with Crippen LogP contribution in [0.1, 0.15) is 18.4 Å². The standard InChI is InChI=1S/C11H12BrN3/c1-8-5-6-13-11(7-8)15-10-4-2-3-9(12)14-10/h4-7H,2-3H2,1H3,(H,13,15). The van der Waals surface area contributed by atoms with Gasteiger partial charge in [-0.1, -0.05) is 0 Å². The van der Waals surface area contributed by atoms with E-state index in [4.69, 9.17) is 0 Å². The Kier molecular flexibility index (Phi) is 3.16. The summed E-state index contributed by atoms with van der Waals surface area (Å²) in [5.74, 6) is 1.71. The third-order valence-electron chi connectivity index (χ3n) is 2.10. The Morgan fingerprint density at radius 2 is 2.33 bits per heavy atom. The summed E-state index contributed by atoms with van der Waals surface area (Å²) in [6.07, 6.45) is 5.86. The molecule has 0 radical (unpaired) electrons. The second kappa shape index (κ2) is 4.57. The Hall–Kier alpha value is -1.16. The van der Waals surface area contributed by atoms with Crippen molar-refractivity contribution in [2.24, 2.45) is 4.99 Å². The molecule has 0 amide bonds. The molecule has 0 fully saturated rings. The molecule has 2 rings (SSSR count). The van der Waals surface area contributed by atoms with Crippen LogP contribution in [0.4, 0.5) is 5.82 Å². The first-order valence-electron chi connectivity index (χ1n) is 4.87. The van der Waals surface area contributed by atoms with Crippen LogP contribution in [0.25, 0.3) is 0 Å². The molecule has 1 aromatic rings. The van der Waals surface area contributed by atoms with E-state index in [2.05, 4.69) is 37.3 Å². The van der Waals surface area contributed by atoms with Gasteiger partial charge >= 0.3 is 0 Å². The highest BCUT2D eigenvalue weighted by atomic mass is 79.9. The van der Waals surface area contributed by atoms with Crippen molar-refractivity contribution >= 4 is 26.4 Å². The van der Waals surface area contributed by atoms with Crippen LogP contribution in [0, 0.1) is 6.92 Å². The van der Waals surface area contributed by atoms with Crippen molar-refractivity contribution in [3.63, 3.8) is 0 Å². The average Bonchev–Trinajstić information content (AvgIpc) is 2.17. The maximum Gasteiger partial charge on any atom is 0.131 e. The fraction of sp³-hybridized carbons (Fsp3) is 0.273. The third kappa shape index (κ3) is 2.89. The van der Waals surface area contributed by atoms with E-state index in [1.165, 1.54) is 5.56 Å². The molecule has 0 atom stereocenters. The molecule has 0 bridgehead atoms. The van der Waals surface area contributed by atoms with Gasteiger partial charge in [0.25, 0.3) is 0 Å². The van der Waals surface area contributed by atoms with Gasteiger partial charge in [-0.15, -0.1) is 0 Å². The van der Waals surface area contributed by atoms with Crippen molar-refractivity contribution in [1.29, 1.82) is 0 Å². The molecule has 0 saturated carbocycles. The van der Waals surface area contributed by atoms with Crippen molar-refractivity contribution in [3.05, 3.63) is 35.8 Å². The van der Waals surface area contributed by atoms with Gasteiger partial charge in [-0.2, -0.15) is 0 Å². The van der Waals surface area contributed by atoms with Crippen molar-refractivity contribution < 1.29 is 0 Å². The summed E-state index contributed by atoms with van der Waals surface area (Å²) in [5.41, 5.74) is 1.19. The van der Waals surface area contributed by atoms with Gasteiger partial charge in [-0.25, -0.2) is 9.98 Å². The van der Waals surface area contributed by atoms with Gasteiger partial charge in [-0.3, -0.25) is 0 Å². The lowest BCUT2D eigenvalue weighted by molar-refractivity contribution is 1.04. The molecule has 1 N–H and O–H groups in total. The highest BCUT2D eigenvalue weighted by Gasteiger charge is 2.04. The number of nitrogens with one attached hydrogen (secondary N) is 1. The highest BCUT2D eigenvalue weighted by Crippen LogP contribution is 2.16. The smallest absolute Gasteiger partial charge is 0.131 e. The number of rotatable bonds is 2. The molecule has 0 aromatic carbocycles. The zero-order valence-electron chi connectivity index (χ0n) is 8.50. The van der Waals surface area contributed by atoms with Crippen LogP contribution in [0.15, 0.2) is 35.2 Å². The first-order chi connectivity index (χ1) is 7.24. The Morgan fingerprint density at radius 3 is 3.07 bits per heavy atom. The van der Waals surface area contributed by atoms with Gasteiger partial charge in [0.2, 0.25) is 0 Å². The van der Waals surface area contributed by atoms with Crippen molar-refractivity contribution in [3.8, 4) is 0 Å². The predicted octanol–water partition coefficient (Wildman–Crippen LogP) is 3.23. The van der Waals surface area contributed by atoms with E-state index in [0.29, 0.717) is 0 Å². The monoisotopic (exact) mass is 265 g/mol. The lowest BCUT2D eigenvalue weighted by Gasteiger charge is -2.10. The fourth-order valence-corrected chi connectivity index (χ4v) is 1.79. The molecule has 0 unspecified atom stereocenters. The molecule has 78 valence electrons. The molecule has 0 aliphatic carbocycles. The fourth-order valence-electron chi connectivity index (χ4n) is 1.37. The largest absolute Gasteiger partial charge is 0.325 e. The second-order valence-corrected chi connectivity index (χ2v) is 4.37. The molecule has 15 heavy (non-hydrogen) atoms. The summed E-state index contributed by atoms with van der Waals surface area (Å²) < 4.78 is 0.986. The minimum atomic E-state index is 0.840. The van der Waals surface area contributed by atoms with Crippen LogP contribution < -0.4 is 5.32 Å². The molecule has 0 saturated heterocycles. The topological polar surface area (TPSA) is 37.3 Å². The quantitative estimate of drug-likeness (QED) is 0.892. The molecule has 1 aliphatic rings. The van der Waals surface area contributed by atoms with Gasteiger partial charge in [0, 0.05) is 12.6 Å². The van der Waals surface area contributed by atoms with Crippen LogP contribution in [0.5, 0.6) is 0 Å². The van der Waals surface area contributed by atoms with E-state index in [0.717, 1.165) is 29.1 Å². The van der Waals surface area contributed by atoms with E-state index in [-0.39, 0.29) is 0 Å². The lowest BCUT2D eigenvalue weighted by Crippen LogP contribution is -2.04. The van der Waals surface area contributed by atoms with Crippen LogP contribution in [-0.4, -0.2) is 9.60 Å². The minimum Gasteiger partial charge on any atom is -0.325 e. The van der Waals surface area contributed by atoms with E-state index >= 15 is 0 Å². The Balaban J connectivity index is 2.12. The second-order valence-electron chi connectivity index (χ2n) is 3.46. The van der Waals surface area contributed by atoms with Gasteiger partial charge in [-0.05, 0) is 53.0 Å². The number of pyridine rings is 1. The Bertz CT molecular complexity index is 424. The summed E-state index contributed by atoms with van der Waals surface area (Å²) in [6, 6.07) is 3.97. The number of aliphatic imine (C=N–C) groups is 1. The van der Waals surface area contributed by atoms with Crippen molar-refractivity contribution in [1.82, 2.24) is 4.98 Å². The molecular weight excluding hydrogens is 254 g/mol. The zero-order chi connectivity index (χ0) is 10.7. The number of hydrogen-bond acceptors (Lipinski definition) is 3. The number of hydrogen-bond donors (Lipinski definition) is 1. The number of anilines is 1. The van der Waals surface area contributed by atoms with Crippen LogP contribution in [0.2, 0.25) is 0 Å². The van der Waals surface area contributed by atoms with E-state index in [1.807, 2.05) is 19.1 Å².